The first kappa shape index (κ1) is 22.4. The topological polar surface area (TPSA) is 59.8 Å². The van der Waals surface area contributed by atoms with E-state index in [1.165, 1.54) is 38.2 Å². The van der Waals surface area contributed by atoms with Crippen LogP contribution >= 0.6 is 0 Å². The van der Waals surface area contributed by atoms with Gasteiger partial charge >= 0.3 is 6.36 Å². The van der Waals surface area contributed by atoms with Crippen molar-refractivity contribution in [3.05, 3.63) is 30.0 Å². The maximum atomic E-state index is 13.3. The molecular weight excluding hydrogens is 425 g/mol. The van der Waals surface area contributed by atoms with Gasteiger partial charge in [0.1, 0.15) is 11.6 Å². The van der Waals surface area contributed by atoms with Gasteiger partial charge in [-0.15, -0.1) is 13.2 Å². The summed E-state index contributed by atoms with van der Waals surface area (Å²) < 4.78 is 48.7. The van der Waals surface area contributed by atoms with E-state index in [1.807, 2.05) is 0 Å². The summed E-state index contributed by atoms with van der Waals surface area (Å²) in [4.78, 5) is 22.0. The molecule has 0 radical (unpaired) electrons. The van der Waals surface area contributed by atoms with Gasteiger partial charge in [0.2, 0.25) is 5.88 Å². The van der Waals surface area contributed by atoms with E-state index in [0.29, 0.717) is 30.5 Å². The minimum absolute atomic E-state index is 0.149. The molecule has 0 spiro atoms. The van der Waals surface area contributed by atoms with Gasteiger partial charge in [0.25, 0.3) is 5.91 Å². The Hall–Kier alpha value is -2.75. The zero-order valence-electron chi connectivity index (χ0n) is 18.2. The monoisotopic (exact) mass is 452 g/mol. The molecule has 4 rings (SSSR count). The van der Waals surface area contributed by atoms with E-state index in [-0.39, 0.29) is 23.2 Å². The number of ether oxygens (including phenoxy) is 2. The number of nitrogens with zero attached hydrogens (tertiary/aromatic N) is 4. The van der Waals surface area contributed by atoms with E-state index in [2.05, 4.69) is 14.6 Å². The number of benzene rings is 1. The Bertz CT molecular complexity index is 962. The SMILES string of the molecule is COc1nc(-c2cccc(OC(F)(F)F)c2)n(C)c1C(=O)N1CCC(N2CCCC2)CC1. The smallest absolute Gasteiger partial charge is 0.479 e. The van der Waals surface area contributed by atoms with Crippen LogP contribution < -0.4 is 9.47 Å². The van der Waals surface area contributed by atoms with Gasteiger partial charge in [-0.1, -0.05) is 12.1 Å². The third-order valence-corrected chi connectivity index (χ3v) is 6.19. The number of carbonyl (C=O) groups excluding carboxylic acids is 1. The van der Waals surface area contributed by atoms with Crippen molar-refractivity contribution in [1.29, 1.82) is 0 Å². The molecule has 2 saturated heterocycles. The molecule has 0 bridgehead atoms. The lowest BCUT2D eigenvalue weighted by Crippen LogP contribution is -2.46. The van der Waals surface area contributed by atoms with Crippen LogP contribution in [0.4, 0.5) is 13.2 Å². The van der Waals surface area contributed by atoms with Crippen molar-refractivity contribution in [3.63, 3.8) is 0 Å². The van der Waals surface area contributed by atoms with Gasteiger partial charge in [-0.05, 0) is 50.9 Å². The van der Waals surface area contributed by atoms with Gasteiger partial charge in [0.15, 0.2) is 5.69 Å². The molecule has 10 heteroatoms. The number of carbonyl (C=O) groups is 1. The molecule has 1 aromatic heterocycles. The number of amides is 1. The first-order valence-electron chi connectivity index (χ1n) is 10.8. The third kappa shape index (κ3) is 4.69. The highest BCUT2D eigenvalue weighted by Gasteiger charge is 2.33. The van der Waals surface area contributed by atoms with E-state index < -0.39 is 6.36 Å². The summed E-state index contributed by atoms with van der Waals surface area (Å²) in [6.07, 6.45) is -0.460. The van der Waals surface area contributed by atoms with E-state index in [4.69, 9.17) is 4.74 Å². The number of alkyl halides is 3. The van der Waals surface area contributed by atoms with Gasteiger partial charge < -0.3 is 23.8 Å². The summed E-state index contributed by atoms with van der Waals surface area (Å²) in [6.45, 7) is 3.57. The number of piperidine rings is 1. The summed E-state index contributed by atoms with van der Waals surface area (Å²) in [5.41, 5.74) is 0.670. The summed E-state index contributed by atoms with van der Waals surface area (Å²) in [5, 5.41) is 0. The van der Waals surface area contributed by atoms with E-state index in [9.17, 15) is 18.0 Å². The van der Waals surface area contributed by atoms with Crippen LogP contribution in [-0.4, -0.2) is 71.0 Å². The average Bonchev–Trinajstić information content (AvgIpc) is 3.40. The predicted octanol–water partition coefficient (Wildman–Crippen LogP) is 3.69. The largest absolute Gasteiger partial charge is 0.573 e. The average molecular weight is 452 g/mol. The molecule has 2 aliphatic rings. The molecule has 0 saturated carbocycles. The second-order valence-corrected chi connectivity index (χ2v) is 8.19. The standard InChI is InChI=1S/C22H27F3N4O3/c1-27-18(21(30)29-12-8-16(9-13-29)28-10-3-4-11-28)20(31-2)26-19(27)15-6-5-7-17(14-15)32-22(23,24)25/h5-7,14,16H,3-4,8-13H2,1-2H3. The van der Waals surface area contributed by atoms with Crippen LogP contribution in [-0.2, 0) is 7.05 Å². The van der Waals surface area contributed by atoms with Crippen LogP contribution in [0.15, 0.2) is 24.3 Å². The van der Waals surface area contributed by atoms with Crippen molar-refractivity contribution < 1.29 is 27.4 Å². The van der Waals surface area contributed by atoms with Gasteiger partial charge in [0, 0.05) is 31.7 Å². The molecule has 2 aliphatic heterocycles. The zero-order chi connectivity index (χ0) is 22.9. The van der Waals surface area contributed by atoms with Crippen LogP contribution in [0.1, 0.15) is 36.2 Å². The van der Waals surface area contributed by atoms with Crippen LogP contribution in [0.25, 0.3) is 11.4 Å². The number of rotatable bonds is 5. The Kier molecular flexibility index (Phi) is 6.32. The number of halogens is 3. The number of likely N-dealkylation sites (tertiary alicyclic amines) is 2. The van der Waals surface area contributed by atoms with Gasteiger partial charge in [-0.2, -0.15) is 4.98 Å². The van der Waals surface area contributed by atoms with Gasteiger partial charge in [-0.25, -0.2) is 0 Å². The van der Waals surface area contributed by atoms with Crippen LogP contribution in [0.5, 0.6) is 11.6 Å². The number of hydrogen-bond donors (Lipinski definition) is 0. The molecule has 0 aliphatic carbocycles. The number of imidazole rings is 1. The summed E-state index contributed by atoms with van der Waals surface area (Å²) >= 11 is 0. The first-order valence-corrected chi connectivity index (χ1v) is 10.8. The highest BCUT2D eigenvalue weighted by atomic mass is 19.4. The minimum atomic E-state index is -4.79. The molecule has 3 heterocycles. The Balaban J connectivity index is 1.54. The van der Waals surface area contributed by atoms with Crippen molar-refractivity contribution in [2.24, 2.45) is 7.05 Å². The van der Waals surface area contributed by atoms with Crippen molar-refractivity contribution >= 4 is 5.91 Å². The number of methoxy groups -OCH3 is 1. The highest BCUT2D eigenvalue weighted by molar-refractivity contribution is 5.96. The van der Waals surface area contributed by atoms with Gasteiger partial charge in [-0.3, -0.25) is 4.79 Å². The highest BCUT2D eigenvalue weighted by Crippen LogP contribution is 2.32. The van der Waals surface area contributed by atoms with Crippen molar-refractivity contribution in [1.82, 2.24) is 19.4 Å². The van der Waals surface area contributed by atoms with Gasteiger partial charge in [0.05, 0.1) is 7.11 Å². The normalized spacial score (nSPS) is 18.2. The fraction of sp³-hybridized carbons (Fsp3) is 0.545. The van der Waals surface area contributed by atoms with Crippen molar-refractivity contribution in [2.45, 2.75) is 38.1 Å². The molecular formula is C22H27F3N4O3. The first-order chi connectivity index (χ1) is 15.3. The maximum Gasteiger partial charge on any atom is 0.573 e. The van der Waals surface area contributed by atoms with Crippen LogP contribution in [0.3, 0.4) is 0 Å². The number of aromatic nitrogens is 2. The van der Waals surface area contributed by atoms with E-state index in [1.54, 1.807) is 22.6 Å². The quantitative estimate of drug-likeness (QED) is 0.693. The lowest BCUT2D eigenvalue weighted by molar-refractivity contribution is -0.274. The molecule has 0 unspecified atom stereocenters. The predicted molar refractivity (Wildman–Crippen MR) is 112 cm³/mol. The summed E-state index contributed by atoms with van der Waals surface area (Å²) in [5.74, 6) is -0.0689. The Morgan fingerprint density at radius 2 is 1.81 bits per heavy atom. The lowest BCUT2D eigenvalue weighted by Gasteiger charge is -2.36. The molecule has 174 valence electrons. The maximum absolute atomic E-state index is 13.3. The summed E-state index contributed by atoms with van der Waals surface area (Å²) in [7, 11) is 3.08. The summed E-state index contributed by atoms with van der Waals surface area (Å²) in [6, 6.07) is 6.03. The lowest BCUT2D eigenvalue weighted by atomic mass is 10.0. The molecule has 2 aromatic rings. The molecule has 0 atom stereocenters. The second-order valence-electron chi connectivity index (χ2n) is 8.19. The third-order valence-electron chi connectivity index (χ3n) is 6.19. The Morgan fingerprint density at radius 1 is 1.12 bits per heavy atom. The molecule has 32 heavy (non-hydrogen) atoms. The Morgan fingerprint density at radius 3 is 2.44 bits per heavy atom. The van der Waals surface area contributed by atoms with Crippen LogP contribution in [0, 0.1) is 0 Å². The fourth-order valence-corrected chi connectivity index (χ4v) is 4.63. The molecule has 2 fully saturated rings. The van der Waals surface area contributed by atoms with Crippen LogP contribution in [0.2, 0.25) is 0 Å². The molecule has 1 aromatic carbocycles. The van der Waals surface area contributed by atoms with Crippen molar-refractivity contribution in [3.8, 4) is 23.0 Å². The van der Waals surface area contributed by atoms with Crippen molar-refractivity contribution in [2.75, 3.05) is 33.3 Å². The Labute approximate surface area is 184 Å². The molecule has 0 N–H and O–H groups in total. The number of hydrogen-bond acceptors (Lipinski definition) is 5. The fourth-order valence-electron chi connectivity index (χ4n) is 4.63. The molecule has 1 amide bonds. The van der Waals surface area contributed by atoms with E-state index >= 15 is 0 Å². The minimum Gasteiger partial charge on any atom is -0.479 e. The molecule has 7 nitrogen and oxygen atoms in total. The zero-order valence-corrected chi connectivity index (χ0v) is 18.2. The van der Waals surface area contributed by atoms with E-state index in [0.717, 1.165) is 25.9 Å². The second kappa shape index (κ2) is 9.01.